The summed E-state index contributed by atoms with van der Waals surface area (Å²) in [6.07, 6.45) is 4.47. The normalized spacial score (nSPS) is 23.5. The van der Waals surface area contributed by atoms with E-state index in [9.17, 15) is 4.79 Å². The zero-order chi connectivity index (χ0) is 17.5. The molecule has 3 rings (SSSR count). The van der Waals surface area contributed by atoms with Gasteiger partial charge >= 0.3 is 6.03 Å². The SMILES string of the molecule is CCOC1CCCN(C(=O)Nc2cccc(OCC3CCCO3)c2)C1. The molecule has 2 amide bonds. The Bertz CT molecular complexity index is 558. The van der Waals surface area contributed by atoms with Gasteiger partial charge in [-0.25, -0.2) is 4.79 Å². The van der Waals surface area contributed by atoms with E-state index in [1.165, 1.54) is 0 Å². The third kappa shape index (κ3) is 5.34. The number of nitrogens with zero attached hydrogens (tertiary/aromatic N) is 1. The predicted molar refractivity (Wildman–Crippen MR) is 96.2 cm³/mol. The van der Waals surface area contributed by atoms with Crippen LogP contribution in [0.25, 0.3) is 0 Å². The van der Waals surface area contributed by atoms with E-state index in [4.69, 9.17) is 14.2 Å². The molecule has 138 valence electrons. The Balaban J connectivity index is 1.51. The molecule has 2 aliphatic heterocycles. The van der Waals surface area contributed by atoms with E-state index in [0.29, 0.717) is 19.8 Å². The molecular formula is C19H28N2O4. The molecule has 1 aromatic carbocycles. The van der Waals surface area contributed by atoms with E-state index in [2.05, 4.69) is 5.32 Å². The third-order valence-corrected chi connectivity index (χ3v) is 4.61. The van der Waals surface area contributed by atoms with Gasteiger partial charge in [-0.05, 0) is 44.7 Å². The number of benzene rings is 1. The Kier molecular flexibility index (Phi) is 6.53. The second-order valence-corrected chi connectivity index (χ2v) is 6.57. The number of rotatable bonds is 6. The van der Waals surface area contributed by atoms with Gasteiger partial charge < -0.3 is 24.4 Å². The number of hydrogen-bond donors (Lipinski definition) is 1. The van der Waals surface area contributed by atoms with Crippen LogP contribution in [0.4, 0.5) is 10.5 Å². The van der Waals surface area contributed by atoms with Crippen molar-refractivity contribution in [3.8, 4) is 5.75 Å². The molecule has 0 spiro atoms. The number of anilines is 1. The Morgan fingerprint density at radius 3 is 3.08 bits per heavy atom. The van der Waals surface area contributed by atoms with E-state index >= 15 is 0 Å². The van der Waals surface area contributed by atoms with E-state index in [1.807, 2.05) is 36.1 Å². The maximum Gasteiger partial charge on any atom is 0.321 e. The number of carbonyl (C=O) groups excluding carboxylic acids is 1. The fraction of sp³-hybridized carbons (Fsp3) is 0.632. The fourth-order valence-corrected chi connectivity index (χ4v) is 3.33. The molecule has 2 fully saturated rings. The summed E-state index contributed by atoms with van der Waals surface area (Å²) in [5.74, 6) is 0.749. The van der Waals surface area contributed by atoms with Crippen molar-refractivity contribution in [2.24, 2.45) is 0 Å². The van der Waals surface area contributed by atoms with Crippen molar-refractivity contribution in [3.63, 3.8) is 0 Å². The molecule has 0 saturated carbocycles. The number of piperidine rings is 1. The summed E-state index contributed by atoms with van der Waals surface area (Å²) in [6, 6.07) is 7.44. The van der Waals surface area contributed by atoms with Crippen molar-refractivity contribution in [1.82, 2.24) is 4.90 Å². The second kappa shape index (κ2) is 9.06. The average Bonchev–Trinajstić information content (AvgIpc) is 3.14. The van der Waals surface area contributed by atoms with Crippen molar-refractivity contribution in [1.29, 1.82) is 0 Å². The topological polar surface area (TPSA) is 60.0 Å². The summed E-state index contributed by atoms with van der Waals surface area (Å²) < 4.78 is 17.0. The highest BCUT2D eigenvalue weighted by Gasteiger charge is 2.24. The van der Waals surface area contributed by atoms with Crippen molar-refractivity contribution >= 4 is 11.7 Å². The van der Waals surface area contributed by atoms with Gasteiger partial charge in [-0.2, -0.15) is 0 Å². The largest absolute Gasteiger partial charge is 0.491 e. The first-order chi connectivity index (χ1) is 12.2. The molecule has 2 aliphatic rings. The van der Waals surface area contributed by atoms with Gasteiger partial charge in [-0.15, -0.1) is 0 Å². The lowest BCUT2D eigenvalue weighted by Gasteiger charge is -2.32. The van der Waals surface area contributed by atoms with Crippen LogP contribution in [0.3, 0.4) is 0 Å². The van der Waals surface area contributed by atoms with E-state index in [-0.39, 0.29) is 18.2 Å². The highest BCUT2D eigenvalue weighted by molar-refractivity contribution is 5.89. The molecule has 25 heavy (non-hydrogen) atoms. The summed E-state index contributed by atoms with van der Waals surface area (Å²) in [5.41, 5.74) is 0.744. The molecule has 1 aromatic rings. The molecule has 0 aromatic heterocycles. The highest BCUT2D eigenvalue weighted by Crippen LogP contribution is 2.21. The molecule has 2 saturated heterocycles. The van der Waals surface area contributed by atoms with Gasteiger partial charge in [0.15, 0.2) is 0 Å². The Morgan fingerprint density at radius 2 is 2.28 bits per heavy atom. The molecule has 0 bridgehead atoms. The van der Waals surface area contributed by atoms with Gasteiger partial charge in [0.25, 0.3) is 0 Å². The van der Waals surface area contributed by atoms with Crippen molar-refractivity contribution in [2.45, 2.75) is 44.8 Å². The summed E-state index contributed by atoms with van der Waals surface area (Å²) in [4.78, 5) is 14.3. The second-order valence-electron chi connectivity index (χ2n) is 6.57. The van der Waals surface area contributed by atoms with E-state index in [0.717, 1.165) is 50.3 Å². The van der Waals surface area contributed by atoms with Gasteiger partial charge in [0.1, 0.15) is 12.4 Å². The zero-order valence-electron chi connectivity index (χ0n) is 14.9. The monoisotopic (exact) mass is 348 g/mol. The third-order valence-electron chi connectivity index (χ3n) is 4.61. The molecule has 6 heteroatoms. The van der Waals surface area contributed by atoms with E-state index in [1.54, 1.807) is 0 Å². The Labute approximate surface area is 149 Å². The van der Waals surface area contributed by atoms with Crippen LogP contribution in [0.5, 0.6) is 5.75 Å². The highest BCUT2D eigenvalue weighted by atomic mass is 16.5. The van der Waals surface area contributed by atoms with Gasteiger partial charge in [-0.1, -0.05) is 6.07 Å². The van der Waals surface area contributed by atoms with Crippen molar-refractivity contribution < 1.29 is 19.0 Å². The van der Waals surface area contributed by atoms with Crippen LogP contribution in [-0.4, -0.2) is 56.0 Å². The predicted octanol–water partition coefficient (Wildman–Crippen LogP) is 3.28. The van der Waals surface area contributed by atoms with Crippen LogP contribution in [0.15, 0.2) is 24.3 Å². The number of hydrogen-bond acceptors (Lipinski definition) is 4. The minimum absolute atomic E-state index is 0.0827. The number of urea groups is 1. The lowest BCUT2D eigenvalue weighted by molar-refractivity contribution is 0.0181. The summed E-state index contributed by atoms with van der Waals surface area (Å²) in [6.45, 7) is 5.47. The molecule has 0 radical (unpaired) electrons. The molecule has 1 N–H and O–H groups in total. The summed E-state index contributed by atoms with van der Waals surface area (Å²) in [5, 5.41) is 2.96. The number of ether oxygens (including phenoxy) is 3. The standard InChI is InChI=1S/C19H28N2O4/c1-2-23-17-8-4-10-21(13-17)19(22)20-15-6-3-7-16(12-15)25-14-18-9-5-11-24-18/h3,6-7,12,17-18H,2,4-5,8-11,13-14H2,1H3,(H,20,22). The molecule has 2 heterocycles. The number of likely N-dealkylation sites (tertiary alicyclic amines) is 1. The Morgan fingerprint density at radius 1 is 1.36 bits per heavy atom. The van der Waals surface area contributed by atoms with Gasteiger partial charge in [0.2, 0.25) is 0 Å². The van der Waals surface area contributed by atoms with Crippen LogP contribution in [-0.2, 0) is 9.47 Å². The summed E-state index contributed by atoms with van der Waals surface area (Å²) >= 11 is 0. The van der Waals surface area contributed by atoms with Crippen LogP contribution >= 0.6 is 0 Å². The molecule has 2 atom stereocenters. The Hall–Kier alpha value is -1.79. The van der Waals surface area contributed by atoms with Gasteiger partial charge in [0.05, 0.1) is 12.2 Å². The zero-order valence-corrected chi connectivity index (χ0v) is 14.9. The smallest absolute Gasteiger partial charge is 0.321 e. The average molecular weight is 348 g/mol. The fourth-order valence-electron chi connectivity index (χ4n) is 3.33. The first-order valence-electron chi connectivity index (χ1n) is 9.26. The minimum Gasteiger partial charge on any atom is -0.491 e. The number of nitrogens with one attached hydrogen (secondary N) is 1. The van der Waals surface area contributed by atoms with Gasteiger partial charge in [0, 0.05) is 38.1 Å². The molecule has 0 aliphatic carbocycles. The quantitative estimate of drug-likeness (QED) is 0.857. The molecule has 6 nitrogen and oxygen atoms in total. The van der Waals surface area contributed by atoms with E-state index < -0.39 is 0 Å². The van der Waals surface area contributed by atoms with Crippen LogP contribution in [0.2, 0.25) is 0 Å². The van der Waals surface area contributed by atoms with Gasteiger partial charge in [-0.3, -0.25) is 0 Å². The molecular weight excluding hydrogens is 320 g/mol. The van der Waals surface area contributed by atoms with Crippen molar-refractivity contribution in [3.05, 3.63) is 24.3 Å². The number of amides is 2. The maximum absolute atomic E-state index is 12.5. The lowest BCUT2D eigenvalue weighted by Crippen LogP contribution is -2.45. The van der Waals surface area contributed by atoms with Crippen LogP contribution < -0.4 is 10.1 Å². The number of carbonyl (C=O) groups is 1. The van der Waals surface area contributed by atoms with Crippen LogP contribution in [0.1, 0.15) is 32.6 Å². The first kappa shape index (κ1) is 18.0. The molecule has 2 unspecified atom stereocenters. The maximum atomic E-state index is 12.5. The van der Waals surface area contributed by atoms with Crippen molar-refractivity contribution in [2.75, 3.05) is 38.2 Å². The first-order valence-corrected chi connectivity index (χ1v) is 9.26. The van der Waals surface area contributed by atoms with Crippen LogP contribution in [0, 0.1) is 0 Å². The summed E-state index contributed by atoms with van der Waals surface area (Å²) in [7, 11) is 0. The minimum atomic E-state index is -0.0827. The lowest BCUT2D eigenvalue weighted by atomic mass is 10.1.